The molecule has 2 aromatic heterocycles. The van der Waals surface area contributed by atoms with Crippen LogP contribution in [0.2, 0.25) is 0 Å². The summed E-state index contributed by atoms with van der Waals surface area (Å²) in [4.78, 5) is 13.1. The Morgan fingerprint density at radius 3 is 2.19 bits per heavy atom. The summed E-state index contributed by atoms with van der Waals surface area (Å²) in [6.07, 6.45) is 6.98. The number of rotatable bonds is 2. The van der Waals surface area contributed by atoms with Crippen molar-refractivity contribution in [3.8, 4) is 22.5 Å². The molecule has 0 amide bonds. The van der Waals surface area contributed by atoms with Crippen LogP contribution in [0.25, 0.3) is 44.1 Å². The molecule has 5 aromatic rings. The molecule has 0 aliphatic rings. The van der Waals surface area contributed by atoms with Gasteiger partial charge in [0, 0.05) is 29.7 Å². The Balaban J connectivity index is 1.69. The zero-order chi connectivity index (χ0) is 17.3. The molecule has 0 fully saturated rings. The van der Waals surface area contributed by atoms with Crippen molar-refractivity contribution in [1.82, 2.24) is 15.0 Å². The van der Waals surface area contributed by atoms with Crippen molar-refractivity contribution in [2.24, 2.45) is 0 Å². The van der Waals surface area contributed by atoms with Gasteiger partial charge in [-0.05, 0) is 39.7 Å². The highest BCUT2D eigenvalue weighted by molar-refractivity contribution is 6.08. The number of pyridine rings is 1. The molecule has 3 aromatic carbocycles. The molecule has 0 aliphatic carbocycles. The van der Waals surface area contributed by atoms with E-state index in [0.29, 0.717) is 0 Å². The third-order valence-corrected chi connectivity index (χ3v) is 4.66. The molecule has 0 aliphatic heterocycles. The van der Waals surface area contributed by atoms with Crippen LogP contribution < -0.4 is 0 Å². The molecule has 0 spiro atoms. The minimum absolute atomic E-state index is 0.849. The Hall–Kier alpha value is -3.59. The van der Waals surface area contributed by atoms with E-state index in [1.165, 1.54) is 21.5 Å². The lowest BCUT2D eigenvalue weighted by Crippen LogP contribution is -1.88. The Labute approximate surface area is 151 Å². The largest absolute Gasteiger partial charge is 0.261 e. The van der Waals surface area contributed by atoms with Gasteiger partial charge in [0.1, 0.15) is 0 Å². The van der Waals surface area contributed by atoms with Crippen LogP contribution in [-0.4, -0.2) is 15.0 Å². The molecule has 3 nitrogen and oxygen atoms in total. The molecule has 0 bridgehead atoms. The number of nitrogens with zero attached hydrogens (tertiary/aromatic N) is 3. The van der Waals surface area contributed by atoms with Gasteiger partial charge in [-0.1, -0.05) is 48.5 Å². The molecular weight excluding hydrogens is 318 g/mol. The molecule has 0 saturated heterocycles. The minimum Gasteiger partial charge on any atom is -0.261 e. The fourth-order valence-corrected chi connectivity index (χ4v) is 3.36. The topological polar surface area (TPSA) is 38.7 Å². The summed E-state index contributed by atoms with van der Waals surface area (Å²) in [7, 11) is 0. The minimum atomic E-state index is 0.849. The third-order valence-electron chi connectivity index (χ3n) is 4.66. The van der Waals surface area contributed by atoms with Gasteiger partial charge in [0.15, 0.2) is 0 Å². The molecule has 5 rings (SSSR count). The summed E-state index contributed by atoms with van der Waals surface area (Å²) >= 11 is 0. The molecule has 0 radical (unpaired) electrons. The highest BCUT2D eigenvalue weighted by Gasteiger charge is 2.07. The van der Waals surface area contributed by atoms with Crippen molar-refractivity contribution >= 4 is 21.5 Å². The Bertz CT molecular complexity index is 1230. The number of aromatic nitrogens is 3. The SMILES string of the molecule is c1ccc2c(c1)ccc1ccc(-c3cc(-c4cnccn4)ccn3)cc12. The first kappa shape index (κ1) is 14.7. The standard InChI is InChI=1S/C23H15N3/c1-2-4-20-16(3-1)5-6-17-7-8-18(13-21(17)20)22-14-19(9-10-25-22)23-15-24-11-12-26-23/h1-15H. The summed E-state index contributed by atoms with van der Waals surface area (Å²) in [6.45, 7) is 0. The second-order valence-electron chi connectivity index (χ2n) is 6.24. The lowest BCUT2D eigenvalue weighted by molar-refractivity contribution is 1.20. The quantitative estimate of drug-likeness (QED) is 0.400. The molecule has 2 heterocycles. The van der Waals surface area contributed by atoms with Crippen molar-refractivity contribution < 1.29 is 0 Å². The summed E-state index contributed by atoms with van der Waals surface area (Å²) in [6, 6.07) is 23.4. The molecule has 122 valence electrons. The highest BCUT2D eigenvalue weighted by Crippen LogP contribution is 2.30. The first-order valence-electron chi connectivity index (χ1n) is 8.53. The van der Waals surface area contributed by atoms with Crippen molar-refractivity contribution in [1.29, 1.82) is 0 Å². The summed E-state index contributed by atoms with van der Waals surface area (Å²) in [5.41, 5.74) is 3.89. The van der Waals surface area contributed by atoms with Gasteiger partial charge < -0.3 is 0 Å². The van der Waals surface area contributed by atoms with E-state index in [-0.39, 0.29) is 0 Å². The van der Waals surface area contributed by atoms with E-state index in [2.05, 4.69) is 75.6 Å². The van der Waals surface area contributed by atoms with E-state index in [0.717, 1.165) is 22.5 Å². The van der Waals surface area contributed by atoms with Crippen LogP contribution in [0.3, 0.4) is 0 Å². The van der Waals surface area contributed by atoms with Gasteiger partial charge in [-0.2, -0.15) is 0 Å². The van der Waals surface area contributed by atoms with E-state index >= 15 is 0 Å². The van der Waals surface area contributed by atoms with Gasteiger partial charge in [0.05, 0.1) is 17.6 Å². The first-order valence-corrected chi connectivity index (χ1v) is 8.53. The average Bonchev–Trinajstić information content (AvgIpc) is 2.74. The lowest BCUT2D eigenvalue weighted by Gasteiger charge is -2.08. The van der Waals surface area contributed by atoms with Crippen molar-refractivity contribution in [3.63, 3.8) is 0 Å². The maximum atomic E-state index is 4.57. The predicted octanol–water partition coefficient (Wildman–Crippen LogP) is 5.51. The molecule has 0 N–H and O–H groups in total. The molecule has 0 unspecified atom stereocenters. The summed E-state index contributed by atoms with van der Waals surface area (Å²) in [5.74, 6) is 0. The fraction of sp³-hybridized carbons (Fsp3) is 0. The van der Waals surface area contributed by atoms with Crippen LogP contribution in [0, 0.1) is 0 Å². The van der Waals surface area contributed by atoms with E-state index < -0.39 is 0 Å². The van der Waals surface area contributed by atoms with Crippen LogP contribution in [-0.2, 0) is 0 Å². The van der Waals surface area contributed by atoms with Crippen LogP contribution in [0.5, 0.6) is 0 Å². The molecule has 0 atom stereocenters. The smallest absolute Gasteiger partial charge is 0.0886 e. The van der Waals surface area contributed by atoms with E-state index in [9.17, 15) is 0 Å². The number of hydrogen-bond acceptors (Lipinski definition) is 3. The molecule has 3 heteroatoms. The first-order chi connectivity index (χ1) is 12.9. The molecular formula is C23H15N3. The Kier molecular flexibility index (Phi) is 3.42. The van der Waals surface area contributed by atoms with Gasteiger partial charge in [-0.25, -0.2) is 0 Å². The van der Waals surface area contributed by atoms with Crippen LogP contribution in [0.1, 0.15) is 0 Å². The van der Waals surface area contributed by atoms with Crippen LogP contribution in [0.15, 0.2) is 91.5 Å². The lowest BCUT2D eigenvalue weighted by atomic mass is 9.98. The number of fused-ring (bicyclic) bond motifs is 3. The zero-order valence-electron chi connectivity index (χ0n) is 14.0. The van der Waals surface area contributed by atoms with E-state index in [1.807, 2.05) is 12.3 Å². The maximum Gasteiger partial charge on any atom is 0.0886 e. The van der Waals surface area contributed by atoms with E-state index in [4.69, 9.17) is 0 Å². The van der Waals surface area contributed by atoms with Crippen molar-refractivity contribution in [3.05, 3.63) is 91.5 Å². The average molecular weight is 333 g/mol. The summed E-state index contributed by atoms with van der Waals surface area (Å²) in [5, 5.41) is 4.99. The van der Waals surface area contributed by atoms with Gasteiger partial charge in [0.2, 0.25) is 0 Å². The normalized spacial score (nSPS) is 11.1. The second kappa shape index (κ2) is 6.05. The van der Waals surface area contributed by atoms with Crippen LogP contribution >= 0.6 is 0 Å². The van der Waals surface area contributed by atoms with Gasteiger partial charge in [0.25, 0.3) is 0 Å². The van der Waals surface area contributed by atoms with E-state index in [1.54, 1.807) is 18.6 Å². The van der Waals surface area contributed by atoms with Gasteiger partial charge >= 0.3 is 0 Å². The van der Waals surface area contributed by atoms with Gasteiger partial charge in [-0.15, -0.1) is 0 Å². The highest BCUT2D eigenvalue weighted by atomic mass is 14.8. The van der Waals surface area contributed by atoms with Crippen molar-refractivity contribution in [2.45, 2.75) is 0 Å². The Morgan fingerprint density at radius 2 is 1.31 bits per heavy atom. The monoisotopic (exact) mass is 333 g/mol. The predicted molar refractivity (Wildman–Crippen MR) is 106 cm³/mol. The zero-order valence-corrected chi connectivity index (χ0v) is 14.0. The summed E-state index contributed by atoms with van der Waals surface area (Å²) < 4.78 is 0. The van der Waals surface area contributed by atoms with Crippen LogP contribution in [0.4, 0.5) is 0 Å². The number of hydrogen-bond donors (Lipinski definition) is 0. The van der Waals surface area contributed by atoms with Gasteiger partial charge in [-0.3, -0.25) is 15.0 Å². The maximum absolute atomic E-state index is 4.57. The molecule has 0 saturated carbocycles. The molecule has 26 heavy (non-hydrogen) atoms. The Morgan fingerprint density at radius 1 is 0.538 bits per heavy atom. The van der Waals surface area contributed by atoms with Crippen molar-refractivity contribution in [2.75, 3.05) is 0 Å². The fourth-order valence-electron chi connectivity index (χ4n) is 3.36. The third kappa shape index (κ3) is 2.50. The number of benzene rings is 3. The second-order valence-corrected chi connectivity index (χ2v) is 6.24.